The Labute approximate surface area is 166 Å². The van der Waals surface area contributed by atoms with E-state index >= 15 is 0 Å². The molecule has 2 saturated heterocycles. The second kappa shape index (κ2) is 7.02. The maximum absolute atomic E-state index is 13.0. The van der Waals surface area contributed by atoms with Gasteiger partial charge in [-0.15, -0.1) is 0 Å². The minimum absolute atomic E-state index is 0.0203. The van der Waals surface area contributed by atoms with Crippen LogP contribution in [0.2, 0.25) is 5.02 Å². The third-order valence-electron chi connectivity index (χ3n) is 4.86. The number of carbonyl (C=O) groups is 1. The van der Waals surface area contributed by atoms with Crippen LogP contribution < -0.4 is 5.32 Å². The van der Waals surface area contributed by atoms with Gasteiger partial charge in [0.25, 0.3) is 0 Å². The van der Waals surface area contributed by atoms with Crippen molar-refractivity contribution in [1.29, 1.82) is 0 Å². The molecule has 0 radical (unpaired) electrons. The van der Waals surface area contributed by atoms with E-state index in [-0.39, 0.29) is 38.0 Å². The molecule has 0 saturated carbocycles. The van der Waals surface area contributed by atoms with Gasteiger partial charge in [0.2, 0.25) is 0 Å². The van der Waals surface area contributed by atoms with Crippen molar-refractivity contribution >= 4 is 33.2 Å². The van der Waals surface area contributed by atoms with E-state index in [1.807, 2.05) is 0 Å². The number of halogens is 2. The van der Waals surface area contributed by atoms with Gasteiger partial charge in [-0.3, -0.25) is 4.68 Å². The van der Waals surface area contributed by atoms with Crippen LogP contribution >= 0.6 is 11.6 Å². The number of nitrogens with one attached hydrogen (secondary N) is 1. The molecular formula is C17H18ClFN4O4S. The van der Waals surface area contributed by atoms with Crippen LogP contribution in [0.25, 0.3) is 0 Å². The topological polar surface area (TPSA) is 93.5 Å². The van der Waals surface area contributed by atoms with Gasteiger partial charge in [-0.2, -0.15) is 5.10 Å². The number of benzene rings is 1. The van der Waals surface area contributed by atoms with E-state index in [2.05, 4.69) is 10.4 Å². The predicted octanol–water partition coefficient (Wildman–Crippen LogP) is 1.78. The first-order valence-corrected chi connectivity index (χ1v) is 10.7. The summed E-state index contributed by atoms with van der Waals surface area (Å²) in [6, 6.07) is 6.41. The zero-order valence-corrected chi connectivity index (χ0v) is 16.3. The number of aromatic nitrogens is 2. The van der Waals surface area contributed by atoms with E-state index in [0.717, 1.165) is 12.4 Å². The van der Waals surface area contributed by atoms with Crippen LogP contribution in [-0.4, -0.2) is 65.4 Å². The number of hydrogen-bond donors (Lipinski definition) is 1. The van der Waals surface area contributed by atoms with Crippen molar-refractivity contribution in [1.82, 2.24) is 14.7 Å². The van der Waals surface area contributed by atoms with E-state index in [1.165, 1.54) is 9.58 Å². The highest BCUT2D eigenvalue weighted by atomic mass is 35.5. The molecule has 1 aromatic heterocycles. The number of ether oxygens (including phenoxy) is 1. The number of nitrogens with zero attached hydrogens (tertiary/aromatic N) is 3. The molecular weight excluding hydrogens is 411 g/mol. The van der Waals surface area contributed by atoms with Crippen LogP contribution in [0.15, 0.2) is 36.7 Å². The number of rotatable bonds is 3. The molecule has 1 aromatic carbocycles. The molecule has 2 aliphatic rings. The largest absolute Gasteiger partial charge is 0.369 e. The lowest BCUT2D eigenvalue weighted by atomic mass is 9.96. The van der Waals surface area contributed by atoms with Crippen molar-refractivity contribution < 1.29 is 22.3 Å². The number of anilines is 1. The molecule has 2 aliphatic heterocycles. The van der Waals surface area contributed by atoms with Crippen molar-refractivity contribution in [2.75, 3.05) is 30.8 Å². The van der Waals surface area contributed by atoms with Gasteiger partial charge in [0.15, 0.2) is 15.7 Å². The first kappa shape index (κ1) is 19.2. The van der Waals surface area contributed by atoms with Gasteiger partial charge in [0.05, 0.1) is 44.4 Å². The minimum Gasteiger partial charge on any atom is -0.369 e. The van der Waals surface area contributed by atoms with Gasteiger partial charge >= 0.3 is 6.03 Å². The van der Waals surface area contributed by atoms with Gasteiger partial charge in [0, 0.05) is 10.7 Å². The van der Waals surface area contributed by atoms with E-state index in [4.69, 9.17) is 16.3 Å². The average molecular weight is 429 g/mol. The minimum atomic E-state index is -3.48. The Morgan fingerprint density at radius 2 is 2.21 bits per heavy atom. The summed E-state index contributed by atoms with van der Waals surface area (Å²) in [6.07, 6.45) is 2.17. The Balaban J connectivity index is 1.35. The summed E-state index contributed by atoms with van der Waals surface area (Å²) >= 11 is 5.90. The second-order valence-electron chi connectivity index (χ2n) is 7.10. The molecule has 1 spiro atoms. The number of likely N-dealkylation sites (tertiary alicyclic amines) is 1. The molecule has 2 amide bonds. The monoisotopic (exact) mass is 428 g/mol. The van der Waals surface area contributed by atoms with Crippen molar-refractivity contribution in [3.8, 4) is 0 Å². The summed E-state index contributed by atoms with van der Waals surface area (Å²) in [5.41, 5.74) is -0.335. The molecule has 28 heavy (non-hydrogen) atoms. The van der Waals surface area contributed by atoms with E-state index in [9.17, 15) is 17.6 Å². The van der Waals surface area contributed by atoms with Crippen molar-refractivity contribution in [3.63, 3.8) is 0 Å². The Hall–Kier alpha value is -2.17. The summed E-state index contributed by atoms with van der Waals surface area (Å²) in [5.74, 6) is -0.707. The summed E-state index contributed by atoms with van der Waals surface area (Å²) < 4.78 is 45.4. The second-order valence-corrected chi connectivity index (χ2v) is 9.82. The first-order valence-electron chi connectivity index (χ1n) is 8.60. The predicted molar refractivity (Wildman–Crippen MR) is 100 cm³/mol. The molecule has 3 heterocycles. The van der Waals surface area contributed by atoms with Gasteiger partial charge in [-0.05, 0) is 18.2 Å². The highest BCUT2D eigenvalue weighted by Crippen LogP contribution is 2.33. The Morgan fingerprint density at radius 3 is 2.86 bits per heavy atom. The molecule has 8 nitrogen and oxygen atoms in total. The van der Waals surface area contributed by atoms with Crippen LogP contribution in [0, 0.1) is 5.82 Å². The molecule has 4 rings (SSSR count). The van der Waals surface area contributed by atoms with Gasteiger partial charge in [-0.1, -0.05) is 17.7 Å². The number of carbonyl (C=O) groups excluding carboxylic acids is 1. The zero-order chi connectivity index (χ0) is 19.9. The molecule has 0 aliphatic carbocycles. The highest BCUT2D eigenvalue weighted by molar-refractivity contribution is 7.92. The Kier molecular flexibility index (Phi) is 4.80. The maximum atomic E-state index is 13.0. The van der Waals surface area contributed by atoms with Crippen LogP contribution in [0.1, 0.15) is 0 Å². The molecule has 1 atom stereocenters. The zero-order valence-electron chi connectivity index (χ0n) is 14.7. The van der Waals surface area contributed by atoms with Crippen LogP contribution in [-0.2, 0) is 21.1 Å². The normalized spacial score (nSPS) is 22.6. The molecule has 0 bridgehead atoms. The smallest absolute Gasteiger partial charge is 0.322 e. The molecule has 11 heteroatoms. The number of amides is 2. The van der Waals surface area contributed by atoms with Crippen LogP contribution in [0.4, 0.5) is 14.9 Å². The third kappa shape index (κ3) is 3.85. The van der Waals surface area contributed by atoms with Gasteiger partial charge in [-0.25, -0.2) is 17.6 Å². The number of hydrogen-bond acceptors (Lipinski definition) is 5. The highest BCUT2D eigenvalue weighted by Gasteiger charge is 2.54. The third-order valence-corrected chi connectivity index (χ3v) is 7.33. The van der Waals surface area contributed by atoms with E-state index < -0.39 is 26.5 Å². The Morgan fingerprint density at radius 1 is 1.43 bits per heavy atom. The average Bonchev–Trinajstić information content (AvgIpc) is 2.99. The lowest BCUT2D eigenvalue weighted by Crippen LogP contribution is -2.71. The molecule has 2 fully saturated rings. The number of sulfone groups is 1. The fourth-order valence-electron chi connectivity index (χ4n) is 3.46. The molecule has 0 unspecified atom stereocenters. The first-order chi connectivity index (χ1) is 13.2. The van der Waals surface area contributed by atoms with Crippen molar-refractivity contribution in [2.45, 2.75) is 17.4 Å². The van der Waals surface area contributed by atoms with Crippen molar-refractivity contribution in [3.05, 3.63) is 47.5 Å². The van der Waals surface area contributed by atoms with Gasteiger partial charge in [0.1, 0.15) is 10.9 Å². The van der Waals surface area contributed by atoms with Crippen LogP contribution in [0.3, 0.4) is 0 Å². The molecule has 150 valence electrons. The summed E-state index contributed by atoms with van der Waals surface area (Å²) in [6.45, 7) is 0.373. The van der Waals surface area contributed by atoms with E-state index in [1.54, 1.807) is 24.3 Å². The lowest BCUT2D eigenvalue weighted by Gasteiger charge is -2.51. The number of urea groups is 1. The SMILES string of the molecule is O=C(Nc1cccc(Cl)c1)N1CC2(C1)CS(=O)(=O)[C@@H](Cn1cc(F)cn1)CO2. The fraction of sp³-hybridized carbons (Fsp3) is 0.412. The molecule has 2 aromatic rings. The fourth-order valence-corrected chi connectivity index (χ4v) is 5.54. The van der Waals surface area contributed by atoms with Crippen molar-refractivity contribution in [2.24, 2.45) is 0 Å². The maximum Gasteiger partial charge on any atom is 0.322 e. The van der Waals surface area contributed by atoms with Gasteiger partial charge < -0.3 is 15.0 Å². The standard InChI is InChI=1S/C17H18ClFN4O4S/c18-12-2-1-3-14(4-12)21-16(24)22-9-17(10-22)11-28(25,26)15(8-27-17)7-23-6-13(19)5-20-23/h1-6,15H,7-11H2,(H,21,24)/t15-/m0/s1. The summed E-state index contributed by atoms with van der Waals surface area (Å²) in [4.78, 5) is 13.8. The molecule has 1 N–H and O–H groups in total. The van der Waals surface area contributed by atoms with Crippen LogP contribution in [0.5, 0.6) is 0 Å². The quantitative estimate of drug-likeness (QED) is 0.804. The van der Waals surface area contributed by atoms with E-state index in [0.29, 0.717) is 10.7 Å². The lowest BCUT2D eigenvalue weighted by molar-refractivity contribution is -0.117. The Bertz CT molecular complexity index is 1010. The summed E-state index contributed by atoms with van der Waals surface area (Å²) in [7, 11) is -3.48. The summed E-state index contributed by atoms with van der Waals surface area (Å²) in [5, 5.41) is 6.20.